The van der Waals surface area contributed by atoms with E-state index >= 15 is 0 Å². The fourth-order valence-corrected chi connectivity index (χ4v) is 2.98. The summed E-state index contributed by atoms with van der Waals surface area (Å²) in [7, 11) is 0. The van der Waals surface area contributed by atoms with Crippen molar-refractivity contribution in [1.29, 1.82) is 0 Å². The number of carbonyl (C=O) groups is 1. The van der Waals surface area contributed by atoms with Crippen LogP contribution in [0, 0.1) is 11.8 Å². The van der Waals surface area contributed by atoms with Gasteiger partial charge < -0.3 is 0 Å². The molecule has 1 saturated carbocycles. The minimum atomic E-state index is 0.241. The molecule has 1 fully saturated rings. The third-order valence-corrected chi connectivity index (χ3v) is 4.00. The van der Waals surface area contributed by atoms with Gasteiger partial charge >= 0.3 is 0 Å². The molecule has 2 atom stereocenters. The third kappa shape index (κ3) is 2.46. The minimum Gasteiger partial charge on any atom is -0.292 e. The van der Waals surface area contributed by atoms with Gasteiger partial charge in [-0.3, -0.25) is 4.79 Å². The van der Waals surface area contributed by atoms with Crippen LogP contribution in [-0.4, -0.2) is 10.8 Å². The van der Waals surface area contributed by atoms with Gasteiger partial charge in [0.1, 0.15) is 5.69 Å². The average molecular weight is 223 g/mol. The van der Waals surface area contributed by atoms with Crippen LogP contribution in [0.2, 0.25) is 0 Å². The zero-order valence-corrected chi connectivity index (χ0v) is 9.93. The Balaban J connectivity index is 2.01. The molecule has 0 bridgehead atoms. The predicted octanol–water partition coefficient (Wildman–Crippen LogP) is 3.54. The number of carbonyl (C=O) groups excluding carboxylic acids is 1. The summed E-state index contributed by atoms with van der Waals surface area (Å²) in [6, 6.07) is 0. The third-order valence-electron chi connectivity index (χ3n) is 3.42. The molecule has 82 valence electrons. The SMILES string of the molecule is CCC1CCCC(C(=O)c2cscn2)C1. The van der Waals surface area contributed by atoms with Crippen LogP contribution in [0.5, 0.6) is 0 Å². The maximum Gasteiger partial charge on any atom is 0.185 e. The summed E-state index contributed by atoms with van der Waals surface area (Å²) in [5.41, 5.74) is 2.43. The fourth-order valence-electron chi connectivity index (χ4n) is 2.44. The Morgan fingerprint density at radius 1 is 1.60 bits per heavy atom. The number of Topliss-reactive ketones (excluding diaryl/α,β-unsaturated/α-hetero) is 1. The zero-order valence-electron chi connectivity index (χ0n) is 9.11. The van der Waals surface area contributed by atoms with Gasteiger partial charge in [0.05, 0.1) is 5.51 Å². The van der Waals surface area contributed by atoms with E-state index in [0.717, 1.165) is 18.8 Å². The van der Waals surface area contributed by atoms with E-state index in [2.05, 4.69) is 11.9 Å². The largest absolute Gasteiger partial charge is 0.292 e. The summed E-state index contributed by atoms with van der Waals surface area (Å²) in [6.07, 6.45) is 5.86. The molecular weight excluding hydrogens is 206 g/mol. The lowest BCUT2D eigenvalue weighted by Crippen LogP contribution is -2.23. The van der Waals surface area contributed by atoms with Crippen LogP contribution in [0.1, 0.15) is 49.5 Å². The van der Waals surface area contributed by atoms with E-state index in [-0.39, 0.29) is 11.7 Å². The van der Waals surface area contributed by atoms with Crippen molar-refractivity contribution in [3.63, 3.8) is 0 Å². The van der Waals surface area contributed by atoms with E-state index in [1.807, 2.05) is 5.38 Å². The highest BCUT2D eigenvalue weighted by Gasteiger charge is 2.27. The topological polar surface area (TPSA) is 30.0 Å². The summed E-state index contributed by atoms with van der Waals surface area (Å²) >= 11 is 1.51. The Labute approximate surface area is 94.7 Å². The maximum absolute atomic E-state index is 12.1. The second kappa shape index (κ2) is 4.88. The average Bonchev–Trinajstić information content (AvgIpc) is 2.81. The Morgan fingerprint density at radius 3 is 3.13 bits per heavy atom. The van der Waals surface area contributed by atoms with Gasteiger partial charge in [0.25, 0.3) is 0 Å². The lowest BCUT2D eigenvalue weighted by Gasteiger charge is -2.26. The van der Waals surface area contributed by atoms with Crippen molar-refractivity contribution in [2.24, 2.45) is 11.8 Å². The van der Waals surface area contributed by atoms with Crippen LogP contribution in [0.4, 0.5) is 0 Å². The number of aromatic nitrogens is 1. The molecule has 0 amide bonds. The van der Waals surface area contributed by atoms with E-state index in [4.69, 9.17) is 0 Å². The molecule has 0 spiro atoms. The summed E-state index contributed by atoms with van der Waals surface area (Å²) in [5, 5.41) is 1.87. The normalized spacial score (nSPS) is 26.5. The minimum absolute atomic E-state index is 0.241. The van der Waals surface area contributed by atoms with Crippen LogP contribution < -0.4 is 0 Å². The molecule has 1 heterocycles. The molecule has 1 aliphatic carbocycles. The first-order valence-electron chi connectivity index (χ1n) is 5.73. The molecule has 3 heteroatoms. The van der Waals surface area contributed by atoms with Crippen molar-refractivity contribution < 1.29 is 4.79 Å². The smallest absolute Gasteiger partial charge is 0.185 e. The first kappa shape index (κ1) is 10.8. The quantitative estimate of drug-likeness (QED) is 0.734. The van der Waals surface area contributed by atoms with Crippen molar-refractivity contribution in [3.05, 3.63) is 16.6 Å². The van der Waals surface area contributed by atoms with Crippen molar-refractivity contribution in [1.82, 2.24) is 4.98 Å². The Bertz CT molecular complexity index is 320. The van der Waals surface area contributed by atoms with Gasteiger partial charge in [-0.25, -0.2) is 4.98 Å². The second-order valence-corrected chi connectivity index (χ2v) is 5.09. The fraction of sp³-hybridized carbons (Fsp3) is 0.667. The van der Waals surface area contributed by atoms with Crippen molar-refractivity contribution in [2.45, 2.75) is 39.0 Å². The van der Waals surface area contributed by atoms with E-state index in [1.54, 1.807) is 5.51 Å². The van der Waals surface area contributed by atoms with Gasteiger partial charge in [0.2, 0.25) is 0 Å². The van der Waals surface area contributed by atoms with Gasteiger partial charge in [-0.1, -0.05) is 26.2 Å². The standard InChI is InChI=1S/C12H17NOS/c1-2-9-4-3-5-10(6-9)12(14)11-7-15-8-13-11/h7-10H,2-6H2,1H3. The highest BCUT2D eigenvalue weighted by Crippen LogP contribution is 2.32. The number of ketones is 1. The second-order valence-electron chi connectivity index (χ2n) is 4.38. The molecule has 1 aliphatic rings. The molecule has 2 nitrogen and oxygen atoms in total. The van der Waals surface area contributed by atoms with Crippen molar-refractivity contribution >= 4 is 17.1 Å². The van der Waals surface area contributed by atoms with Crippen LogP contribution in [-0.2, 0) is 0 Å². The van der Waals surface area contributed by atoms with E-state index in [9.17, 15) is 4.79 Å². The number of nitrogens with zero attached hydrogens (tertiary/aromatic N) is 1. The van der Waals surface area contributed by atoms with Gasteiger partial charge in [-0.2, -0.15) is 0 Å². The van der Waals surface area contributed by atoms with Crippen LogP contribution >= 0.6 is 11.3 Å². The summed E-state index contributed by atoms with van der Waals surface area (Å²) < 4.78 is 0. The van der Waals surface area contributed by atoms with E-state index in [0.29, 0.717) is 5.69 Å². The Morgan fingerprint density at radius 2 is 2.47 bits per heavy atom. The first-order valence-corrected chi connectivity index (χ1v) is 6.68. The lowest BCUT2D eigenvalue weighted by molar-refractivity contribution is 0.0857. The van der Waals surface area contributed by atoms with E-state index in [1.165, 1.54) is 30.6 Å². The first-order chi connectivity index (χ1) is 7.31. The number of hydrogen-bond acceptors (Lipinski definition) is 3. The lowest BCUT2D eigenvalue weighted by atomic mass is 9.78. The molecule has 0 N–H and O–H groups in total. The Kier molecular flexibility index (Phi) is 3.52. The summed E-state index contributed by atoms with van der Waals surface area (Å²) in [6.45, 7) is 2.22. The molecule has 1 aromatic heterocycles. The molecule has 0 aliphatic heterocycles. The maximum atomic E-state index is 12.1. The number of thiazole rings is 1. The number of rotatable bonds is 3. The summed E-state index contributed by atoms with van der Waals surface area (Å²) in [5.74, 6) is 1.27. The van der Waals surface area contributed by atoms with Crippen LogP contribution in [0.25, 0.3) is 0 Å². The van der Waals surface area contributed by atoms with E-state index < -0.39 is 0 Å². The molecular formula is C12H17NOS. The monoisotopic (exact) mass is 223 g/mol. The highest BCUT2D eigenvalue weighted by molar-refractivity contribution is 7.07. The van der Waals surface area contributed by atoms with Gasteiger partial charge in [0, 0.05) is 11.3 Å². The predicted molar refractivity (Wildman–Crippen MR) is 62.2 cm³/mol. The van der Waals surface area contributed by atoms with Gasteiger partial charge in [-0.15, -0.1) is 11.3 Å². The van der Waals surface area contributed by atoms with Crippen LogP contribution in [0.15, 0.2) is 10.9 Å². The van der Waals surface area contributed by atoms with Gasteiger partial charge in [-0.05, 0) is 18.8 Å². The molecule has 1 aromatic rings. The van der Waals surface area contributed by atoms with Crippen molar-refractivity contribution in [3.8, 4) is 0 Å². The molecule has 0 saturated heterocycles. The Hall–Kier alpha value is -0.700. The van der Waals surface area contributed by atoms with Crippen molar-refractivity contribution in [2.75, 3.05) is 0 Å². The molecule has 2 unspecified atom stereocenters. The molecule has 2 rings (SSSR count). The molecule has 0 aromatic carbocycles. The number of hydrogen-bond donors (Lipinski definition) is 0. The molecule has 15 heavy (non-hydrogen) atoms. The summed E-state index contributed by atoms with van der Waals surface area (Å²) in [4.78, 5) is 16.2. The zero-order chi connectivity index (χ0) is 10.7. The molecule has 0 radical (unpaired) electrons. The van der Waals surface area contributed by atoms with Gasteiger partial charge in [0.15, 0.2) is 5.78 Å². The van der Waals surface area contributed by atoms with Crippen LogP contribution in [0.3, 0.4) is 0 Å². The highest BCUT2D eigenvalue weighted by atomic mass is 32.1.